The highest BCUT2D eigenvalue weighted by Crippen LogP contribution is 2.45. The number of thiol groups is 1. The first-order chi connectivity index (χ1) is 18.2. The van der Waals surface area contributed by atoms with Gasteiger partial charge in [-0.2, -0.15) is 0 Å². The van der Waals surface area contributed by atoms with Gasteiger partial charge in [0.15, 0.2) is 0 Å². The van der Waals surface area contributed by atoms with Crippen molar-refractivity contribution in [3.8, 4) is 11.3 Å². The molecule has 4 aromatic rings. The predicted molar refractivity (Wildman–Crippen MR) is 140 cm³/mol. The Kier molecular flexibility index (Phi) is 6.95. The zero-order valence-corrected chi connectivity index (χ0v) is 21.0. The van der Waals surface area contributed by atoms with E-state index in [1.165, 1.54) is 43.4 Å². The molecule has 1 heterocycles. The molecule has 0 saturated heterocycles. The SMILES string of the molecule is CNC(=O)c1c(-c2ccc(F)cc2)oc2cc(CN(c3ccc(B(O)O)cc3F)[SH](=O)=O)c(C3CC3)cc12. The highest BCUT2D eigenvalue weighted by molar-refractivity contribution is 7.74. The summed E-state index contributed by atoms with van der Waals surface area (Å²) in [4.78, 5) is 12.9. The maximum absolute atomic E-state index is 14.8. The summed E-state index contributed by atoms with van der Waals surface area (Å²) in [6, 6.07) is 12.3. The van der Waals surface area contributed by atoms with E-state index in [9.17, 15) is 32.0 Å². The molecule has 1 saturated carbocycles. The van der Waals surface area contributed by atoms with Crippen LogP contribution >= 0.6 is 0 Å². The van der Waals surface area contributed by atoms with E-state index in [0.29, 0.717) is 22.1 Å². The third-order valence-corrected chi connectivity index (χ3v) is 7.34. The molecular formula is C26H23BF2N2O6S. The Morgan fingerprint density at radius 2 is 1.82 bits per heavy atom. The number of nitrogens with zero attached hydrogens (tertiary/aromatic N) is 1. The van der Waals surface area contributed by atoms with Crippen molar-refractivity contribution in [2.24, 2.45) is 0 Å². The summed E-state index contributed by atoms with van der Waals surface area (Å²) in [6.45, 7) is -0.208. The molecule has 5 rings (SSSR count). The smallest absolute Gasteiger partial charge is 0.455 e. The number of anilines is 1. The van der Waals surface area contributed by atoms with Crippen molar-refractivity contribution in [2.75, 3.05) is 11.4 Å². The first kappa shape index (κ1) is 25.9. The van der Waals surface area contributed by atoms with E-state index in [1.54, 1.807) is 12.1 Å². The largest absolute Gasteiger partial charge is 0.488 e. The van der Waals surface area contributed by atoms with Gasteiger partial charge in [0.1, 0.15) is 23.0 Å². The maximum atomic E-state index is 14.8. The Labute approximate surface area is 218 Å². The van der Waals surface area contributed by atoms with Crippen LogP contribution in [-0.4, -0.2) is 38.5 Å². The number of benzene rings is 3. The summed E-state index contributed by atoms with van der Waals surface area (Å²) in [5, 5.41) is 21.7. The molecule has 0 spiro atoms. The van der Waals surface area contributed by atoms with E-state index >= 15 is 0 Å². The Hall–Kier alpha value is -3.74. The van der Waals surface area contributed by atoms with Gasteiger partial charge in [-0.1, -0.05) is 6.07 Å². The van der Waals surface area contributed by atoms with E-state index in [-0.39, 0.29) is 34.9 Å². The topological polar surface area (TPSA) is 120 Å². The van der Waals surface area contributed by atoms with Crippen LogP contribution in [0.3, 0.4) is 0 Å². The fourth-order valence-corrected chi connectivity index (χ4v) is 5.16. The van der Waals surface area contributed by atoms with Crippen LogP contribution in [-0.2, 0) is 17.4 Å². The van der Waals surface area contributed by atoms with Gasteiger partial charge in [-0.25, -0.2) is 17.2 Å². The Morgan fingerprint density at radius 1 is 1.11 bits per heavy atom. The first-order valence-electron chi connectivity index (χ1n) is 11.8. The van der Waals surface area contributed by atoms with Gasteiger partial charge in [0, 0.05) is 18.0 Å². The minimum Gasteiger partial charge on any atom is -0.455 e. The van der Waals surface area contributed by atoms with Crippen molar-refractivity contribution >= 4 is 46.0 Å². The van der Waals surface area contributed by atoms with E-state index in [2.05, 4.69) is 5.32 Å². The summed E-state index contributed by atoms with van der Waals surface area (Å²) in [6.07, 6.45) is 1.74. The summed E-state index contributed by atoms with van der Waals surface area (Å²) in [7, 11) is -3.69. The lowest BCUT2D eigenvalue weighted by Crippen LogP contribution is -2.31. The lowest BCUT2D eigenvalue weighted by Gasteiger charge is -2.21. The quantitative estimate of drug-likeness (QED) is 0.202. The molecule has 38 heavy (non-hydrogen) atoms. The number of nitrogens with one attached hydrogen (secondary N) is 1. The molecule has 1 aromatic heterocycles. The highest BCUT2D eigenvalue weighted by Gasteiger charge is 2.31. The second-order valence-corrected chi connectivity index (χ2v) is 10.1. The molecule has 1 aliphatic rings. The third kappa shape index (κ3) is 4.90. The molecule has 8 nitrogen and oxygen atoms in total. The van der Waals surface area contributed by atoms with Crippen LogP contribution in [0.15, 0.2) is 59.0 Å². The summed E-state index contributed by atoms with van der Waals surface area (Å²) in [5.41, 5.74) is 2.13. The molecule has 3 N–H and O–H groups in total. The fourth-order valence-electron chi connectivity index (χ4n) is 4.55. The molecule has 0 aliphatic heterocycles. The van der Waals surface area contributed by atoms with Gasteiger partial charge in [0.25, 0.3) is 5.91 Å². The average Bonchev–Trinajstić information content (AvgIpc) is 3.67. The maximum Gasteiger partial charge on any atom is 0.488 e. The minimum atomic E-state index is -3.27. The zero-order chi connectivity index (χ0) is 27.1. The van der Waals surface area contributed by atoms with Gasteiger partial charge in [-0.15, -0.1) is 0 Å². The normalized spacial score (nSPS) is 13.2. The third-order valence-electron chi connectivity index (χ3n) is 6.59. The Balaban J connectivity index is 1.64. The Bertz CT molecular complexity index is 1610. The number of amides is 1. The van der Waals surface area contributed by atoms with Crippen molar-refractivity contribution in [3.05, 3.63) is 82.9 Å². The number of carbonyl (C=O) groups is 1. The van der Waals surface area contributed by atoms with Crippen LogP contribution in [0.4, 0.5) is 14.5 Å². The first-order valence-corrected chi connectivity index (χ1v) is 13.0. The second kappa shape index (κ2) is 10.2. The highest BCUT2D eigenvalue weighted by atomic mass is 32.2. The number of hydrogen-bond donors (Lipinski definition) is 4. The molecule has 0 atom stereocenters. The molecule has 1 aliphatic carbocycles. The van der Waals surface area contributed by atoms with E-state index in [1.807, 2.05) is 0 Å². The Morgan fingerprint density at radius 3 is 2.39 bits per heavy atom. The number of fused-ring (bicyclic) bond motifs is 1. The molecule has 3 aromatic carbocycles. The van der Waals surface area contributed by atoms with Gasteiger partial charge < -0.3 is 19.8 Å². The molecule has 1 fully saturated rings. The molecule has 1 amide bonds. The minimum absolute atomic E-state index is 0.113. The molecule has 196 valence electrons. The van der Waals surface area contributed by atoms with Crippen molar-refractivity contribution in [3.63, 3.8) is 0 Å². The van der Waals surface area contributed by atoms with Gasteiger partial charge in [0.05, 0.1) is 17.8 Å². The van der Waals surface area contributed by atoms with Crippen molar-refractivity contribution in [1.29, 1.82) is 0 Å². The summed E-state index contributed by atoms with van der Waals surface area (Å²) in [5.74, 6) is -1.38. The average molecular weight is 540 g/mol. The van der Waals surface area contributed by atoms with Crippen LogP contribution in [0.2, 0.25) is 0 Å². The van der Waals surface area contributed by atoms with E-state index < -0.39 is 35.6 Å². The standard InChI is InChI=1S/C26H23BF2N2O6S/c1-30-26(32)24-20-12-19(14-2-3-14)16(10-23(20)37-25(24)15-4-7-18(28)8-5-15)13-31(38(35)36)22-9-6-17(27(33)34)11-21(22)29/h4-12,14,33-34,38H,2-3,13H2,1H3,(H,30,32). The number of furan rings is 1. The van der Waals surface area contributed by atoms with Crippen LogP contribution in [0.25, 0.3) is 22.3 Å². The summed E-state index contributed by atoms with van der Waals surface area (Å²) >= 11 is 0. The zero-order valence-electron chi connectivity index (χ0n) is 20.1. The van der Waals surface area contributed by atoms with Gasteiger partial charge in [-0.3, -0.25) is 9.10 Å². The lowest BCUT2D eigenvalue weighted by atomic mass is 9.80. The van der Waals surface area contributed by atoms with Gasteiger partial charge in [-0.05, 0) is 83.9 Å². The molecule has 0 bridgehead atoms. The fraction of sp³-hybridized carbons (Fsp3) is 0.192. The van der Waals surface area contributed by atoms with Crippen LogP contribution < -0.4 is 15.1 Å². The molecule has 0 unspecified atom stereocenters. The van der Waals surface area contributed by atoms with Crippen molar-refractivity contribution in [1.82, 2.24) is 5.32 Å². The summed E-state index contributed by atoms with van der Waals surface area (Å²) < 4.78 is 59.8. The van der Waals surface area contributed by atoms with Crippen molar-refractivity contribution in [2.45, 2.75) is 25.3 Å². The second-order valence-electron chi connectivity index (χ2n) is 9.09. The van der Waals surface area contributed by atoms with Gasteiger partial charge >= 0.3 is 7.12 Å². The van der Waals surface area contributed by atoms with Crippen molar-refractivity contribution < 1.29 is 36.5 Å². The van der Waals surface area contributed by atoms with Crippen LogP contribution in [0, 0.1) is 11.6 Å². The van der Waals surface area contributed by atoms with Crippen LogP contribution in [0.1, 0.15) is 40.2 Å². The lowest BCUT2D eigenvalue weighted by molar-refractivity contribution is 0.0964. The predicted octanol–water partition coefficient (Wildman–Crippen LogP) is 2.83. The number of carbonyl (C=O) groups excluding carboxylic acids is 1. The van der Waals surface area contributed by atoms with Gasteiger partial charge in [0.2, 0.25) is 10.9 Å². The van der Waals surface area contributed by atoms with Crippen LogP contribution in [0.5, 0.6) is 0 Å². The molecule has 0 radical (unpaired) electrons. The molecule has 12 heteroatoms. The monoisotopic (exact) mass is 540 g/mol. The number of halogens is 2. The number of hydrogen-bond acceptors (Lipinski definition) is 6. The molecular weight excluding hydrogens is 517 g/mol. The van der Waals surface area contributed by atoms with E-state index in [0.717, 1.165) is 28.8 Å². The number of rotatable bonds is 8. The van der Waals surface area contributed by atoms with E-state index in [4.69, 9.17) is 4.42 Å².